The molecule has 138 heavy (non-hydrogen) atoms. The Bertz CT molecular complexity index is 6700. The van der Waals surface area contributed by atoms with Crippen LogP contribution in [0, 0.1) is 62.7 Å². The SMILES string of the molecule is COC1CCN(C(=O)c2c(F)c(Cl)cc(C(C)c3nc(C)c4c(N)nccn34)c2OC(C)C)CC1.COCC1CCCN1C(=O)c1c(F)ccc(C(C)c2nc(C)c3c(N)nccn23)c1OC(C)C.Cc1nc(C(C)c2cc(Cl)c(F)c(C(=O)N3CCCC(C)C3)c2OC(C)C)n2ccnc(N)c12.Cc1nc(C(C)c2cc(Cl)c(F)c(C(=O)Nc3ccc(F)cc3)c2OC(C)C)n2ccnc(N)c12. The Balaban J connectivity index is 0.000000155. The lowest BCUT2D eigenvalue weighted by atomic mass is 9.94. The highest BCUT2D eigenvalue weighted by atomic mass is 35.5. The van der Waals surface area contributed by atoms with Crippen LogP contribution < -0.4 is 47.2 Å². The number of aromatic nitrogens is 12. The summed E-state index contributed by atoms with van der Waals surface area (Å²) in [4.78, 5) is 94.5. The van der Waals surface area contributed by atoms with Crippen LogP contribution in [-0.2, 0) is 9.47 Å². The molecule has 9 N–H and O–H groups in total. The molecule has 0 aliphatic carbocycles. The number of fused-ring (bicyclic) bond motifs is 4. The number of hydrogen-bond acceptors (Lipinski definition) is 22. The van der Waals surface area contributed by atoms with E-state index in [1.54, 1.807) is 103 Å². The van der Waals surface area contributed by atoms with Crippen molar-refractivity contribution in [1.82, 2.24) is 72.2 Å². The number of nitrogens with one attached hydrogen (secondary N) is 1. The van der Waals surface area contributed by atoms with Crippen LogP contribution in [0.2, 0.25) is 15.1 Å². The molecule has 4 amide bonds. The van der Waals surface area contributed by atoms with Crippen molar-refractivity contribution in [1.29, 1.82) is 0 Å². The van der Waals surface area contributed by atoms with Crippen LogP contribution in [0.4, 0.5) is 50.9 Å². The fourth-order valence-corrected chi connectivity index (χ4v) is 18.8. The van der Waals surface area contributed by atoms with Crippen molar-refractivity contribution >= 4 is 109 Å². The summed E-state index contributed by atoms with van der Waals surface area (Å²) < 4.78 is 117. The Morgan fingerprint density at radius 3 is 1.17 bits per heavy atom. The van der Waals surface area contributed by atoms with E-state index in [1.807, 2.05) is 110 Å². The number of nitrogens with zero attached hydrogens (tertiary/aromatic N) is 15. The molecular formula is C100H118Cl3F5N20O10. The number of carbonyl (C=O) groups excluding carboxylic acids is 4. The van der Waals surface area contributed by atoms with Gasteiger partial charge in [0.2, 0.25) is 0 Å². The number of amides is 4. The normalized spacial score (nSPS) is 15.6. The first kappa shape index (κ1) is 103. The van der Waals surface area contributed by atoms with Crippen molar-refractivity contribution in [3.63, 3.8) is 0 Å². The van der Waals surface area contributed by atoms with Crippen LogP contribution in [0.1, 0.15) is 262 Å². The summed E-state index contributed by atoms with van der Waals surface area (Å²) in [6, 6.07) is 12.6. The molecular weight excluding hydrogens is 1840 g/mol. The molecule has 6 atom stereocenters. The van der Waals surface area contributed by atoms with E-state index in [9.17, 15) is 23.6 Å². The zero-order chi connectivity index (χ0) is 100. The average Bonchev–Trinajstić information content (AvgIpc) is 1.55. The van der Waals surface area contributed by atoms with E-state index in [0.717, 1.165) is 42.6 Å². The molecule has 3 saturated heterocycles. The average molecular weight is 1960 g/mol. The van der Waals surface area contributed by atoms with Gasteiger partial charge >= 0.3 is 0 Å². The number of imidazole rings is 4. The second kappa shape index (κ2) is 43.6. The molecule has 734 valence electrons. The maximum Gasteiger partial charge on any atom is 0.262 e. The molecule has 3 aliphatic heterocycles. The number of aryl methyl sites for hydroxylation is 4. The molecule has 0 spiro atoms. The van der Waals surface area contributed by atoms with Gasteiger partial charge in [-0.25, -0.2) is 61.8 Å². The fraction of sp³-hybridized carbons (Fsp3) is 0.420. The molecule has 6 unspecified atom stereocenters. The summed E-state index contributed by atoms with van der Waals surface area (Å²) in [6.07, 6.45) is 17.3. The van der Waals surface area contributed by atoms with Crippen LogP contribution in [0.15, 0.2) is 104 Å². The second-order valence-corrected chi connectivity index (χ2v) is 37.3. The molecule has 8 aromatic heterocycles. The van der Waals surface area contributed by atoms with Gasteiger partial charge in [0, 0.05) is 148 Å². The number of nitrogens with two attached hydrogens (primary N) is 4. The predicted molar refractivity (Wildman–Crippen MR) is 523 cm³/mol. The summed E-state index contributed by atoms with van der Waals surface area (Å²) >= 11 is 19.0. The summed E-state index contributed by atoms with van der Waals surface area (Å²) in [5, 5.41) is 2.08. The van der Waals surface area contributed by atoms with Gasteiger partial charge in [-0.3, -0.25) is 36.8 Å². The van der Waals surface area contributed by atoms with Crippen LogP contribution in [0.3, 0.4) is 0 Å². The van der Waals surface area contributed by atoms with Crippen LogP contribution in [0.5, 0.6) is 23.0 Å². The van der Waals surface area contributed by atoms with Gasteiger partial charge in [0.25, 0.3) is 23.6 Å². The molecule has 11 heterocycles. The Morgan fingerprint density at radius 1 is 0.442 bits per heavy atom. The molecule has 3 fully saturated rings. The minimum Gasteiger partial charge on any atom is -0.490 e. The van der Waals surface area contributed by atoms with Crippen LogP contribution >= 0.6 is 34.8 Å². The third kappa shape index (κ3) is 21.4. The van der Waals surface area contributed by atoms with Gasteiger partial charge in [0.1, 0.15) is 126 Å². The second-order valence-electron chi connectivity index (χ2n) is 36.1. The van der Waals surface area contributed by atoms with Crippen molar-refractivity contribution in [2.45, 2.75) is 216 Å². The number of carbonyl (C=O) groups is 4. The number of methoxy groups -OCH3 is 2. The molecule has 0 saturated carbocycles. The predicted octanol–water partition coefficient (Wildman–Crippen LogP) is 19.5. The molecule has 13 aromatic rings. The molecule has 30 nitrogen and oxygen atoms in total. The van der Waals surface area contributed by atoms with E-state index in [1.165, 1.54) is 48.5 Å². The van der Waals surface area contributed by atoms with Gasteiger partial charge < -0.3 is 71.4 Å². The topological polar surface area (TPSA) is 370 Å². The number of rotatable bonds is 24. The van der Waals surface area contributed by atoms with Crippen molar-refractivity contribution < 1.29 is 69.6 Å². The minimum absolute atomic E-state index is 0.0418. The number of anilines is 5. The lowest BCUT2D eigenvalue weighted by Gasteiger charge is -2.32. The number of nitrogen functional groups attached to an aromatic ring is 4. The standard InChI is InChI=1S/C25H24ClF2N5O2.C25H31ClFN5O3.C25H31ClFN5O2.C25H32FN5O3/c1-12(2)35-22-17(13(3)24-31-14(4)21-23(29)30-9-10-33(21)24)11-18(26)20(28)19(22)25(34)32-16-7-5-15(27)6-8-16;1-13(2)35-22-17(14(3)24-30-15(4)21-23(28)29-8-11-32(21)24)12-18(26)20(27)19(22)25(33)31-9-6-16(34-5)7-10-31;1-13(2)34-22-17(15(4)24-30-16(5)21-23(28)29-8-10-32(21)24)11-18(26)20(27)19(22)25(33)31-9-6-7-14(3)12-31;1-14(2)34-22-18(15(3)24-29-16(4)21-23(27)28-10-12-31(21)24)8-9-19(26)20(22)25(32)30-11-6-7-17(30)13-33-5/h5-13H,1-4H3,(H2,29,30)(H,32,34);8,11-14,16H,6-7,9-10H2,1-5H3,(H2,28,29);8,10-11,13-15H,6-7,9,12H2,1-5H3,(H2,28,29);8-10,12,14-15,17H,6-7,11,13H2,1-5H3,(H2,27,28). The van der Waals surface area contributed by atoms with Gasteiger partial charge in [-0.2, -0.15) is 0 Å². The first-order chi connectivity index (χ1) is 65.5. The van der Waals surface area contributed by atoms with E-state index in [4.69, 9.17) is 101 Å². The van der Waals surface area contributed by atoms with E-state index >= 15 is 17.6 Å². The molecule has 3 aliphatic rings. The number of likely N-dealkylation sites (tertiary alicyclic amines) is 3. The monoisotopic (exact) mass is 1960 g/mol. The van der Waals surface area contributed by atoms with Crippen molar-refractivity contribution in [3.8, 4) is 23.0 Å². The summed E-state index contributed by atoms with van der Waals surface area (Å²) in [5.41, 5.74) is 31.9. The van der Waals surface area contributed by atoms with Gasteiger partial charge in [-0.05, 0) is 176 Å². The van der Waals surface area contributed by atoms with Gasteiger partial charge in [0.15, 0.2) is 17.5 Å². The van der Waals surface area contributed by atoms with Gasteiger partial charge in [0.05, 0.1) is 81.0 Å². The van der Waals surface area contributed by atoms with Crippen molar-refractivity contribution in [3.05, 3.63) is 239 Å². The van der Waals surface area contributed by atoms with E-state index in [-0.39, 0.29) is 115 Å². The first-order valence-electron chi connectivity index (χ1n) is 45.9. The quantitative estimate of drug-likeness (QED) is 0.0351. The zero-order valence-electron chi connectivity index (χ0n) is 80.8. The number of hydrogen-bond donors (Lipinski definition) is 5. The smallest absolute Gasteiger partial charge is 0.262 e. The number of benzene rings is 5. The molecule has 0 radical (unpaired) electrons. The summed E-state index contributed by atoms with van der Waals surface area (Å²) in [7, 11) is 3.27. The first-order valence-corrected chi connectivity index (χ1v) is 47.1. The highest BCUT2D eigenvalue weighted by Crippen LogP contribution is 2.47. The van der Waals surface area contributed by atoms with Crippen molar-refractivity contribution in [2.24, 2.45) is 5.92 Å². The maximum absolute atomic E-state index is 15.5. The largest absolute Gasteiger partial charge is 0.490 e. The molecule has 16 rings (SSSR count). The maximum atomic E-state index is 15.5. The number of ether oxygens (including phenoxy) is 6. The molecule has 0 bridgehead atoms. The lowest BCUT2D eigenvalue weighted by molar-refractivity contribution is 0.0345. The third-order valence-electron chi connectivity index (χ3n) is 24.7. The number of piperidine rings is 2. The Labute approximate surface area is 812 Å². The Kier molecular flexibility index (Phi) is 32.4. The van der Waals surface area contributed by atoms with Crippen molar-refractivity contribution in [2.75, 3.05) is 81.8 Å². The summed E-state index contributed by atoms with van der Waals surface area (Å²) in [5.74, 6) is -1.94. The van der Waals surface area contributed by atoms with E-state index in [0.29, 0.717) is 161 Å². The minimum atomic E-state index is -0.921. The molecule has 38 heteroatoms. The number of halogens is 8. The highest BCUT2D eigenvalue weighted by molar-refractivity contribution is 6.32. The third-order valence-corrected chi connectivity index (χ3v) is 25.5. The van der Waals surface area contributed by atoms with E-state index < -0.39 is 58.6 Å². The van der Waals surface area contributed by atoms with Gasteiger partial charge in [-0.15, -0.1) is 0 Å². The summed E-state index contributed by atoms with van der Waals surface area (Å²) in [6.45, 7) is 34.8. The van der Waals surface area contributed by atoms with Crippen LogP contribution in [0.25, 0.3) is 22.1 Å². The van der Waals surface area contributed by atoms with E-state index in [2.05, 4.69) is 37.2 Å². The fourth-order valence-electron chi connectivity index (χ4n) is 18.2. The zero-order valence-corrected chi connectivity index (χ0v) is 83.0. The Hall–Kier alpha value is -12.7. The Morgan fingerprint density at radius 2 is 0.797 bits per heavy atom. The highest BCUT2D eigenvalue weighted by Gasteiger charge is 2.40. The molecule has 5 aromatic carbocycles. The van der Waals surface area contributed by atoms with Crippen LogP contribution in [-0.4, -0.2) is 186 Å². The van der Waals surface area contributed by atoms with Gasteiger partial charge in [-0.1, -0.05) is 75.5 Å². The lowest BCUT2D eigenvalue weighted by Crippen LogP contribution is -2.41.